The number of hydrogen-bond donors (Lipinski definition) is 3. The number of hydrogen-bond acceptors (Lipinski definition) is 7. The lowest BCUT2D eigenvalue weighted by atomic mass is 9.65. The molecule has 188 valence electrons. The van der Waals surface area contributed by atoms with E-state index in [1.165, 1.54) is 25.3 Å². The number of carboxylic acid groups (broad SMARTS) is 1. The van der Waals surface area contributed by atoms with Crippen molar-refractivity contribution in [2.24, 2.45) is 5.92 Å². The Bertz CT molecular complexity index is 866. The zero-order chi connectivity index (χ0) is 25.4. The summed E-state index contributed by atoms with van der Waals surface area (Å²) in [6, 6.07) is 0. The minimum atomic E-state index is -1.18. The molecule has 2 fully saturated rings. The third-order valence-corrected chi connectivity index (χ3v) is 6.36. The van der Waals surface area contributed by atoms with Crippen molar-refractivity contribution in [2.75, 3.05) is 13.7 Å². The van der Waals surface area contributed by atoms with E-state index in [0.717, 1.165) is 11.6 Å². The molecule has 3 N–H and O–H groups in total. The molecule has 0 aromatic heterocycles. The monoisotopic (exact) mass is 476 g/mol. The Kier molecular flexibility index (Phi) is 10.00. The first-order valence-electron chi connectivity index (χ1n) is 11.4. The number of carbonyl (C=O) groups is 2. The number of ether oxygens (including phenoxy) is 3. The molecule has 1 heterocycles. The van der Waals surface area contributed by atoms with Gasteiger partial charge in [0, 0.05) is 19.3 Å². The van der Waals surface area contributed by atoms with Gasteiger partial charge in [-0.05, 0) is 40.0 Å². The number of carbonyl (C=O) groups excluding carboxylic acids is 1. The van der Waals surface area contributed by atoms with Gasteiger partial charge in [-0.15, -0.1) is 0 Å². The maximum atomic E-state index is 12.4. The molecule has 8 nitrogen and oxygen atoms in total. The number of aliphatic hydroxyl groups is 2. The zero-order valence-electron chi connectivity index (χ0n) is 20.2. The van der Waals surface area contributed by atoms with Crippen LogP contribution in [0.15, 0.2) is 60.3 Å². The lowest BCUT2D eigenvalue weighted by Gasteiger charge is -2.48. The summed E-state index contributed by atoms with van der Waals surface area (Å²) in [6.45, 7) is 5.76. The van der Waals surface area contributed by atoms with Crippen molar-refractivity contribution >= 4 is 11.9 Å². The molecular weight excluding hydrogens is 440 g/mol. The van der Waals surface area contributed by atoms with Crippen molar-refractivity contribution in [2.45, 2.75) is 69.5 Å². The molecule has 0 bridgehead atoms. The van der Waals surface area contributed by atoms with Gasteiger partial charge in [0.05, 0.1) is 29.8 Å². The highest BCUT2D eigenvalue weighted by atomic mass is 16.6. The number of methoxy groups -OCH3 is 1. The van der Waals surface area contributed by atoms with E-state index in [-0.39, 0.29) is 6.61 Å². The summed E-state index contributed by atoms with van der Waals surface area (Å²) < 4.78 is 17.4. The summed E-state index contributed by atoms with van der Waals surface area (Å²) in [6.07, 6.45) is 12.6. The van der Waals surface area contributed by atoms with Gasteiger partial charge in [-0.2, -0.15) is 0 Å². The van der Waals surface area contributed by atoms with Gasteiger partial charge in [0.25, 0.3) is 0 Å². The second-order valence-corrected chi connectivity index (χ2v) is 9.13. The third-order valence-electron chi connectivity index (χ3n) is 6.36. The first-order valence-corrected chi connectivity index (χ1v) is 11.4. The van der Waals surface area contributed by atoms with Crippen LogP contribution in [0.5, 0.6) is 0 Å². The smallest absolute Gasteiger partial charge is 0.331 e. The summed E-state index contributed by atoms with van der Waals surface area (Å²) in [5.41, 5.74) is -1.17. The van der Waals surface area contributed by atoms with Gasteiger partial charge in [-0.1, -0.05) is 48.1 Å². The van der Waals surface area contributed by atoms with Gasteiger partial charge in [0.2, 0.25) is 0 Å². The van der Waals surface area contributed by atoms with Crippen LogP contribution in [0.1, 0.15) is 40.0 Å². The molecule has 0 spiro atoms. The minimum Gasteiger partial charge on any atom is -0.478 e. The van der Waals surface area contributed by atoms with Crippen molar-refractivity contribution in [3.8, 4) is 0 Å². The molecule has 2 rings (SSSR count). The second-order valence-electron chi connectivity index (χ2n) is 9.13. The van der Waals surface area contributed by atoms with Gasteiger partial charge < -0.3 is 29.5 Å². The molecule has 0 radical (unpaired) electrons. The second kappa shape index (κ2) is 12.3. The maximum absolute atomic E-state index is 12.4. The number of allylic oxidation sites excluding steroid dienone is 7. The molecule has 0 aromatic carbocycles. The first kappa shape index (κ1) is 27.7. The molecule has 0 amide bonds. The molecule has 1 saturated carbocycles. The Labute approximate surface area is 200 Å². The lowest BCUT2D eigenvalue weighted by molar-refractivity contribution is -0.194. The molecular formula is C26H36O8. The number of fused-ring (bicyclic) bond motifs is 1. The quantitative estimate of drug-likeness (QED) is 0.190. The zero-order valence-corrected chi connectivity index (χ0v) is 20.2. The molecule has 1 aliphatic heterocycles. The normalized spacial score (nSPS) is 32.5. The van der Waals surface area contributed by atoms with Crippen molar-refractivity contribution in [3.63, 3.8) is 0 Å². The van der Waals surface area contributed by atoms with Crippen LogP contribution in [0.2, 0.25) is 0 Å². The van der Waals surface area contributed by atoms with E-state index >= 15 is 0 Å². The molecule has 0 aromatic rings. The maximum Gasteiger partial charge on any atom is 0.331 e. The van der Waals surface area contributed by atoms with Crippen LogP contribution in [0.4, 0.5) is 0 Å². The van der Waals surface area contributed by atoms with E-state index in [1.54, 1.807) is 31.2 Å². The predicted molar refractivity (Wildman–Crippen MR) is 127 cm³/mol. The highest BCUT2D eigenvalue weighted by molar-refractivity contribution is 5.82. The van der Waals surface area contributed by atoms with Crippen molar-refractivity contribution < 1.29 is 39.1 Å². The SMILES string of the molecule is CO[C@@H]1[C@H](OC(=O)/C=C/C=C/C=C/C=C/C(=O)O)CC[C@]2(O)CO[C@](C)([C@H](O)CC=C(C)C)[C@@H]12. The van der Waals surface area contributed by atoms with Crippen LogP contribution in [-0.2, 0) is 23.8 Å². The summed E-state index contributed by atoms with van der Waals surface area (Å²) in [5.74, 6) is -2.16. The van der Waals surface area contributed by atoms with Gasteiger partial charge in [0.1, 0.15) is 12.2 Å². The summed E-state index contributed by atoms with van der Waals surface area (Å²) in [7, 11) is 1.50. The van der Waals surface area contributed by atoms with Crippen LogP contribution >= 0.6 is 0 Å². The fourth-order valence-corrected chi connectivity index (χ4v) is 4.64. The standard InChI is InChI=1S/C26H36O8/c1-18(2)13-14-20(27)25(3)24-23(32-4)19(15-16-26(24,31)17-33-25)34-22(30)12-10-8-6-5-7-9-11-21(28)29/h5-13,19-20,23-24,27,31H,14-17H2,1-4H3,(H,28,29)/b7-5+,8-6+,11-9+,12-10+/t19-,20-,23-,24-,25-,26+/m1/s1. The molecule has 1 aliphatic carbocycles. The van der Waals surface area contributed by atoms with E-state index in [9.17, 15) is 19.8 Å². The van der Waals surface area contributed by atoms with Gasteiger partial charge in [-0.3, -0.25) is 0 Å². The van der Waals surface area contributed by atoms with Crippen LogP contribution < -0.4 is 0 Å². The first-order chi connectivity index (χ1) is 16.0. The Hall–Kier alpha value is -2.52. The summed E-state index contributed by atoms with van der Waals surface area (Å²) >= 11 is 0. The number of rotatable bonds is 10. The summed E-state index contributed by atoms with van der Waals surface area (Å²) in [5, 5.41) is 30.7. The molecule has 34 heavy (non-hydrogen) atoms. The van der Waals surface area contributed by atoms with E-state index in [1.807, 2.05) is 19.9 Å². The molecule has 1 saturated heterocycles. The highest BCUT2D eigenvalue weighted by Gasteiger charge is 2.64. The van der Waals surface area contributed by atoms with E-state index in [0.29, 0.717) is 19.3 Å². The van der Waals surface area contributed by atoms with Gasteiger partial charge in [0.15, 0.2) is 0 Å². The largest absolute Gasteiger partial charge is 0.478 e. The van der Waals surface area contributed by atoms with Crippen LogP contribution in [0.3, 0.4) is 0 Å². The molecule has 6 atom stereocenters. The van der Waals surface area contributed by atoms with Gasteiger partial charge in [-0.25, -0.2) is 9.59 Å². The van der Waals surface area contributed by atoms with Crippen LogP contribution in [-0.4, -0.2) is 70.5 Å². The Morgan fingerprint density at radius 1 is 1.12 bits per heavy atom. The topological polar surface area (TPSA) is 123 Å². The minimum absolute atomic E-state index is 0.0838. The fraction of sp³-hybridized carbons (Fsp3) is 0.538. The van der Waals surface area contributed by atoms with Crippen LogP contribution in [0, 0.1) is 5.92 Å². The lowest BCUT2D eigenvalue weighted by Crippen LogP contribution is -2.61. The number of aliphatic hydroxyl groups excluding tert-OH is 1. The highest BCUT2D eigenvalue weighted by Crippen LogP contribution is 2.51. The van der Waals surface area contributed by atoms with Crippen molar-refractivity contribution in [1.29, 1.82) is 0 Å². The van der Waals surface area contributed by atoms with Crippen LogP contribution in [0.25, 0.3) is 0 Å². The molecule has 2 aliphatic rings. The predicted octanol–water partition coefficient (Wildman–Crippen LogP) is 2.87. The average molecular weight is 477 g/mol. The van der Waals surface area contributed by atoms with Crippen molar-refractivity contribution in [1.82, 2.24) is 0 Å². The van der Waals surface area contributed by atoms with Gasteiger partial charge >= 0.3 is 11.9 Å². The fourth-order valence-electron chi connectivity index (χ4n) is 4.64. The third kappa shape index (κ3) is 6.99. The summed E-state index contributed by atoms with van der Waals surface area (Å²) in [4.78, 5) is 22.8. The molecule has 8 heteroatoms. The van der Waals surface area contributed by atoms with E-state index in [2.05, 4.69) is 0 Å². The Morgan fingerprint density at radius 2 is 1.74 bits per heavy atom. The molecule has 0 unspecified atom stereocenters. The number of aliphatic carboxylic acids is 1. The Balaban J connectivity index is 2.06. The Morgan fingerprint density at radius 3 is 2.32 bits per heavy atom. The van der Waals surface area contributed by atoms with E-state index < -0.39 is 47.4 Å². The van der Waals surface area contributed by atoms with Crippen molar-refractivity contribution in [3.05, 3.63) is 60.3 Å². The number of esters is 1. The number of carboxylic acids is 1. The average Bonchev–Trinajstić information content (AvgIpc) is 3.06. The van der Waals surface area contributed by atoms with E-state index in [4.69, 9.17) is 19.3 Å².